The second kappa shape index (κ2) is 29.2. The SMILES string of the molecule is CC(C)(C)CC(=O)c1ccc(CBr)cc1.CC(C)(C)CC(=O)c1ccc(CN)cc1.CC(C)(C)CC(=O)c1ccc(CN2C(=O)c3ccccc3C2=O)cc1.Cc1ccc(C(=O)CC(C)(C)C)cc1.Cc1ccccc1. The largest absolute Gasteiger partial charge is 0.326 e. The van der Waals surface area contributed by atoms with Crippen molar-refractivity contribution in [1.82, 2.24) is 4.90 Å². The van der Waals surface area contributed by atoms with Crippen LogP contribution in [0.3, 0.4) is 0 Å². The molecule has 2 N–H and O–H groups in total. The van der Waals surface area contributed by atoms with Gasteiger partial charge in [-0.2, -0.15) is 0 Å². The van der Waals surface area contributed by atoms with Gasteiger partial charge in [-0.25, -0.2) is 0 Å². The first-order chi connectivity index (χ1) is 35.4. The van der Waals surface area contributed by atoms with Crippen molar-refractivity contribution in [1.29, 1.82) is 0 Å². The molecule has 0 unspecified atom stereocenters. The minimum absolute atomic E-state index is 0.0453. The predicted octanol–water partition coefficient (Wildman–Crippen LogP) is 16.7. The first kappa shape index (κ1) is 63.9. The van der Waals surface area contributed by atoms with Gasteiger partial charge in [0, 0.05) is 59.8 Å². The molecule has 1 heterocycles. The van der Waals surface area contributed by atoms with Crippen molar-refractivity contribution in [2.45, 2.75) is 141 Å². The minimum atomic E-state index is -0.270. The van der Waals surface area contributed by atoms with E-state index in [0.717, 1.165) is 33.1 Å². The van der Waals surface area contributed by atoms with Crippen LogP contribution in [0, 0.1) is 35.5 Å². The number of hydrogen-bond donors (Lipinski definition) is 1. The van der Waals surface area contributed by atoms with Crippen molar-refractivity contribution in [2.75, 3.05) is 0 Å². The number of amides is 2. The van der Waals surface area contributed by atoms with Gasteiger partial charge >= 0.3 is 0 Å². The fourth-order valence-electron chi connectivity index (χ4n) is 7.58. The number of fused-ring (bicyclic) bond motifs is 1. The van der Waals surface area contributed by atoms with Crippen molar-refractivity contribution in [3.63, 3.8) is 0 Å². The van der Waals surface area contributed by atoms with Crippen LogP contribution in [0.25, 0.3) is 0 Å². The second-order valence-electron chi connectivity index (χ2n) is 24.3. The molecule has 0 spiro atoms. The van der Waals surface area contributed by atoms with E-state index in [1.54, 1.807) is 48.5 Å². The van der Waals surface area contributed by atoms with E-state index < -0.39 is 0 Å². The maximum Gasteiger partial charge on any atom is 0.261 e. The van der Waals surface area contributed by atoms with Crippen LogP contribution in [0.5, 0.6) is 0 Å². The molecule has 404 valence electrons. The van der Waals surface area contributed by atoms with E-state index in [1.807, 2.05) is 119 Å². The van der Waals surface area contributed by atoms with Gasteiger partial charge in [0.15, 0.2) is 23.1 Å². The summed E-state index contributed by atoms with van der Waals surface area (Å²) in [5, 5.41) is 0.834. The number of alkyl halides is 1. The molecule has 0 radical (unpaired) electrons. The molecule has 0 atom stereocenters. The third-order valence-corrected chi connectivity index (χ3v) is 12.2. The number of ketones is 4. The number of aryl methyl sites for hydroxylation is 2. The van der Waals surface area contributed by atoms with Crippen LogP contribution in [-0.4, -0.2) is 39.8 Å². The molecule has 0 aromatic heterocycles. The highest BCUT2D eigenvalue weighted by Crippen LogP contribution is 2.27. The molecule has 0 saturated carbocycles. The number of nitrogens with zero attached hydrogens (tertiary/aromatic N) is 1. The van der Waals surface area contributed by atoms with Gasteiger partial charge in [-0.15, -0.1) is 0 Å². The quantitative estimate of drug-likeness (QED) is 0.0733. The fraction of sp³-hybridized carbons (Fsp3) is 0.373. The Kier molecular flexibility index (Phi) is 24.5. The third kappa shape index (κ3) is 23.6. The fourth-order valence-corrected chi connectivity index (χ4v) is 7.95. The molecule has 1 aliphatic heterocycles. The van der Waals surface area contributed by atoms with Crippen LogP contribution in [0.2, 0.25) is 0 Å². The van der Waals surface area contributed by atoms with Gasteiger partial charge < -0.3 is 5.73 Å². The lowest BCUT2D eigenvalue weighted by Crippen LogP contribution is -2.29. The standard InChI is InChI=1S/C21H21NO3.C13H17BrO.C13H19NO.C13H18O.C7H8/c1-21(2,3)12-18(23)15-10-8-14(9-11-15)13-22-19(24)16-6-4-5-7-17(16)20(22)25;2*1-13(2,3)8-12(15)11-6-4-10(9-14)5-7-11;1-10-5-7-11(8-6-10)12(14)9-13(2,3)4;1-7-5-3-2-4-6-7/h4-11H,12-13H2,1-3H3;4-7H,8-9H2,1-3H3;4-7H,8-9,14H2,1-3H3;5-8H,9H2,1-4H3;2-6H,1H3. The smallest absolute Gasteiger partial charge is 0.261 e. The molecular formula is C67H83BrN2O6. The van der Waals surface area contributed by atoms with Crippen LogP contribution < -0.4 is 5.73 Å². The molecule has 9 heteroatoms. The molecule has 0 saturated heterocycles. The Balaban J connectivity index is 0.000000263. The Bertz CT molecular complexity index is 2720. The molecule has 1 aliphatic rings. The van der Waals surface area contributed by atoms with Gasteiger partial charge in [0.1, 0.15) is 0 Å². The molecule has 6 aromatic rings. The number of halogens is 1. The topological polar surface area (TPSA) is 132 Å². The van der Waals surface area contributed by atoms with Gasteiger partial charge in [-0.05, 0) is 64.3 Å². The average molecular weight is 1090 g/mol. The van der Waals surface area contributed by atoms with Crippen LogP contribution >= 0.6 is 15.9 Å². The summed E-state index contributed by atoms with van der Waals surface area (Å²) in [6, 6.07) is 47.4. The highest BCUT2D eigenvalue weighted by atomic mass is 79.9. The zero-order valence-electron chi connectivity index (χ0n) is 47.7. The molecule has 76 heavy (non-hydrogen) atoms. The van der Waals surface area contributed by atoms with Gasteiger partial charge in [0.2, 0.25) is 0 Å². The summed E-state index contributed by atoms with van der Waals surface area (Å²) >= 11 is 3.38. The molecule has 8 nitrogen and oxygen atoms in total. The number of nitrogens with two attached hydrogens (primary N) is 1. The van der Waals surface area contributed by atoms with Gasteiger partial charge in [-0.3, -0.25) is 33.7 Å². The highest BCUT2D eigenvalue weighted by Gasteiger charge is 2.35. The number of carbonyl (C=O) groups excluding carboxylic acids is 6. The summed E-state index contributed by atoms with van der Waals surface area (Å²) in [6.45, 7) is 29.6. The molecule has 0 fully saturated rings. The number of imide groups is 1. The summed E-state index contributed by atoms with van der Waals surface area (Å²) in [5.74, 6) is 0.217. The van der Waals surface area contributed by atoms with E-state index in [-0.39, 0.29) is 63.2 Å². The van der Waals surface area contributed by atoms with Gasteiger partial charge in [0.05, 0.1) is 17.7 Å². The second-order valence-corrected chi connectivity index (χ2v) is 24.9. The van der Waals surface area contributed by atoms with Crippen LogP contribution in [0.15, 0.2) is 152 Å². The molecular weight excluding hydrogens is 1010 g/mol. The molecule has 7 rings (SSSR count). The summed E-state index contributed by atoms with van der Waals surface area (Å²) in [4.78, 5) is 73.7. The van der Waals surface area contributed by atoms with Crippen molar-refractivity contribution in [3.05, 3.63) is 213 Å². The molecule has 0 aliphatic carbocycles. The highest BCUT2D eigenvalue weighted by molar-refractivity contribution is 9.08. The number of benzene rings is 6. The van der Waals surface area contributed by atoms with Gasteiger partial charge in [-0.1, -0.05) is 250 Å². The van der Waals surface area contributed by atoms with Crippen LogP contribution in [0.4, 0.5) is 0 Å². The Labute approximate surface area is 463 Å². The average Bonchev–Trinajstić information content (AvgIpc) is 3.58. The van der Waals surface area contributed by atoms with E-state index in [4.69, 9.17) is 5.73 Å². The zero-order chi connectivity index (χ0) is 57.0. The lowest BCUT2D eigenvalue weighted by Gasteiger charge is -2.17. The van der Waals surface area contributed by atoms with Crippen molar-refractivity contribution >= 4 is 50.9 Å². The summed E-state index contributed by atoms with van der Waals surface area (Å²) in [6.07, 6.45) is 2.26. The number of Topliss-reactive ketones (excluding diaryl/α,β-unsaturated/α-hetero) is 4. The lowest BCUT2D eigenvalue weighted by molar-refractivity contribution is 0.0640. The first-order valence-corrected chi connectivity index (χ1v) is 27.2. The molecule has 2 amide bonds. The lowest BCUT2D eigenvalue weighted by atomic mass is 9.88. The Hall–Kier alpha value is -6.42. The van der Waals surface area contributed by atoms with Gasteiger partial charge in [0.25, 0.3) is 11.8 Å². The van der Waals surface area contributed by atoms with E-state index in [1.165, 1.54) is 21.6 Å². The number of carbonyl (C=O) groups is 6. The summed E-state index contributed by atoms with van der Waals surface area (Å²) < 4.78 is 0. The van der Waals surface area contributed by atoms with Crippen molar-refractivity contribution < 1.29 is 28.8 Å². The number of rotatable bonds is 12. The molecule has 6 aromatic carbocycles. The van der Waals surface area contributed by atoms with Crippen LogP contribution in [-0.2, 0) is 18.4 Å². The third-order valence-electron chi connectivity index (χ3n) is 11.5. The Morgan fingerprint density at radius 1 is 0.395 bits per heavy atom. The maximum atomic E-state index is 12.4. The van der Waals surface area contributed by atoms with Crippen LogP contribution in [0.1, 0.15) is 199 Å². The monoisotopic (exact) mass is 1090 g/mol. The predicted molar refractivity (Wildman–Crippen MR) is 316 cm³/mol. The zero-order valence-corrected chi connectivity index (χ0v) is 49.3. The van der Waals surface area contributed by atoms with E-state index in [2.05, 4.69) is 97.3 Å². The first-order valence-electron chi connectivity index (χ1n) is 26.1. The van der Waals surface area contributed by atoms with E-state index in [0.29, 0.717) is 48.9 Å². The Morgan fingerprint density at radius 2 is 0.671 bits per heavy atom. The minimum Gasteiger partial charge on any atom is -0.326 e. The number of hydrogen-bond acceptors (Lipinski definition) is 7. The van der Waals surface area contributed by atoms with Crippen molar-refractivity contribution in [3.8, 4) is 0 Å². The van der Waals surface area contributed by atoms with E-state index >= 15 is 0 Å². The molecule has 0 bridgehead atoms. The maximum absolute atomic E-state index is 12.4. The Morgan fingerprint density at radius 3 is 0.947 bits per heavy atom. The summed E-state index contributed by atoms with van der Waals surface area (Å²) in [5.41, 5.74) is 15.2. The summed E-state index contributed by atoms with van der Waals surface area (Å²) in [7, 11) is 0. The van der Waals surface area contributed by atoms with Crippen molar-refractivity contribution in [2.24, 2.45) is 27.4 Å². The normalized spacial score (nSPS) is 12.0. The van der Waals surface area contributed by atoms with E-state index in [9.17, 15) is 28.8 Å².